The van der Waals surface area contributed by atoms with E-state index in [1.807, 2.05) is 24.3 Å². The molecule has 1 aliphatic heterocycles. The van der Waals surface area contributed by atoms with Gasteiger partial charge in [-0.2, -0.15) is 0 Å². The lowest BCUT2D eigenvalue weighted by Gasteiger charge is -2.25. The monoisotopic (exact) mass is 281 g/mol. The number of carbonyl (C=O) groups is 2. The van der Waals surface area contributed by atoms with Crippen LogP contribution in [0.15, 0.2) is 52.8 Å². The van der Waals surface area contributed by atoms with E-state index in [2.05, 4.69) is 16.1 Å². The van der Waals surface area contributed by atoms with E-state index in [1.165, 1.54) is 4.90 Å². The maximum Gasteiger partial charge on any atom is 0.249 e. The molecular weight excluding hydrogens is 266 g/mol. The number of fused-ring (bicyclic) bond motifs is 1. The highest BCUT2D eigenvalue weighted by Gasteiger charge is 2.28. The number of carbonyl (C=O) groups excluding carboxylic acids is 2. The molecule has 2 aliphatic rings. The molecule has 0 unspecified atom stereocenters. The van der Waals surface area contributed by atoms with Crippen molar-refractivity contribution >= 4 is 17.9 Å². The number of hydrogen-bond acceptors (Lipinski definition) is 4. The molecule has 0 spiro atoms. The van der Waals surface area contributed by atoms with Crippen molar-refractivity contribution in [2.75, 3.05) is 13.1 Å². The Kier molecular flexibility index (Phi) is 3.73. The summed E-state index contributed by atoms with van der Waals surface area (Å²) in [5.41, 5.74) is 3.15. The summed E-state index contributed by atoms with van der Waals surface area (Å²) in [5, 5.41) is 0. The molecule has 0 radical (unpaired) electrons. The summed E-state index contributed by atoms with van der Waals surface area (Å²) in [7, 11) is 0. The van der Waals surface area contributed by atoms with Crippen molar-refractivity contribution in [3.8, 4) is 0 Å². The van der Waals surface area contributed by atoms with Gasteiger partial charge in [0.15, 0.2) is 0 Å². The molecule has 1 aromatic rings. The average Bonchev–Trinajstić information content (AvgIpc) is 2.67. The standard InChI is InChI=1S/C16H15N3O2/c20-10-9-19-14-7-2-1-5-12(14)16(18-11-15(19)21)13-6-3-4-8-17-13/h3-8,10H,1-2,9,11H2. The molecule has 0 atom stereocenters. The Morgan fingerprint density at radius 1 is 1.24 bits per heavy atom. The van der Waals surface area contributed by atoms with Gasteiger partial charge in [0.25, 0.3) is 0 Å². The molecule has 5 nitrogen and oxygen atoms in total. The van der Waals surface area contributed by atoms with Crippen molar-refractivity contribution in [2.24, 2.45) is 4.99 Å². The van der Waals surface area contributed by atoms with Crippen LogP contribution in [-0.2, 0) is 9.59 Å². The van der Waals surface area contributed by atoms with Crippen LogP contribution in [0.25, 0.3) is 0 Å². The number of amides is 1. The third-order valence-corrected chi connectivity index (χ3v) is 3.51. The van der Waals surface area contributed by atoms with E-state index < -0.39 is 0 Å². The summed E-state index contributed by atoms with van der Waals surface area (Å²) >= 11 is 0. The zero-order valence-electron chi connectivity index (χ0n) is 11.5. The van der Waals surface area contributed by atoms with E-state index in [4.69, 9.17) is 0 Å². The second kappa shape index (κ2) is 5.83. The normalized spacial score (nSPS) is 18.2. The highest BCUT2D eigenvalue weighted by Crippen LogP contribution is 2.27. The first kappa shape index (κ1) is 13.4. The van der Waals surface area contributed by atoms with Crippen molar-refractivity contribution in [3.05, 3.63) is 53.5 Å². The average molecular weight is 281 g/mol. The molecule has 0 fully saturated rings. The summed E-state index contributed by atoms with van der Waals surface area (Å²) in [6.45, 7) is 0.0987. The predicted octanol–water partition coefficient (Wildman–Crippen LogP) is 1.52. The van der Waals surface area contributed by atoms with Gasteiger partial charge in [-0.05, 0) is 25.0 Å². The summed E-state index contributed by atoms with van der Waals surface area (Å²) in [6, 6.07) is 5.62. The highest BCUT2D eigenvalue weighted by molar-refractivity contribution is 6.16. The van der Waals surface area contributed by atoms with Crippen LogP contribution in [0, 0.1) is 0 Å². The Hall–Kier alpha value is -2.56. The lowest BCUT2D eigenvalue weighted by atomic mass is 9.96. The minimum Gasteiger partial charge on any atom is -0.303 e. The van der Waals surface area contributed by atoms with E-state index in [1.54, 1.807) is 6.20 Å². The molecule has 106 valence electrons. The number of pyridine rings is 1. The van der Waals surface area contributed by atoms with Crippen LogP contribution in [-0.4, -0.2) is 40.9 Å². The van der Waals surface area contributed by atoms with Gasteiger partial charge in [-0.15, -0.1) is 0 Å². The van der Waals surface area contributed by atoms with Gasteiger partial charge in [0.1, 0.15) is 12.8 Å². The molecule has 0 aromatic carbocycles. The molecular formula is C16H15N3O2. The van der Waals surface area contributed by atoms with Crippen LogP contribution in [0.5, 0.6) is 0 Å². The molecule has 1 aliphatic carbocycles. The molecule has 2 heterocycles. The second-order valence-corrected chi connectivity index (χ2v) is 4.84. The minimum absolute atomic E-state index is 0.0361. The van der Waals surface area contributed by atoms with Crippen LogP contribution in [0.3, 0.4) is 0 Å². The van der Waals surface area contributed by atoms with Gasteiger partial charge in [0.2, 0.25) is 5.91 Å². The van der Waals surface area contributed by atoms with Gasteiger partial charge in [-0.1, -0.05) is 18.2 Å². The van der Waals surface area contributed by atoms with Crippen molar-refractivity contribution in [1.29, 1.82) is 0 Å². The van der Waals surface area contributed by atoms with Crippen molar-refractivity contribution < 1.29 is 9.59 Å². The lowest BCUT2D eigenvalue weighted by molar-refractivity contribution is -0.129. The van der Waals surface area contributed by atoms with Gasteiger partial charge in [0, 0.05) is 17.5 Å². The van der Waals surface area contributed by atoms with E-state index in [9.17, 15) is 9.59 Å². The summed E-state index contributed by atoms with van der Waals surface area (Å²) in [6.07, 6.45) is 8.28. The van der Waals surface area contributed by atoms with E-state index in [0.717, 1.165) is 41.8 Å². The molecule has 5 heteroatoms. The van der Waals surface area contributed by atoms with E-state index >= 15 is 0 Å². The Bertz CT molecular complexity index is 659. The number of hydrogen-bond donors (Lipinski definition) is 0. The smallest absolute Gasteiger partial charge is 0.249 e. The van der Waals surface area contributed by atoms with Crippen LogP contribution in [0.1, 0.15) is 18.5 Å². The molecule has 0 saturated heterocycles. The molecule has 1 aromatic heterocycles. The van der Waals surface area contributed by atoms with Crippen molar-refractivity contribution in [2.45, 2.75) is 12.8 Å². The second-order valence-electron chi connectivity index (χ2n) is 4.84. The van der Waals surface area contributed by atoms with Gasteiger partial charge < -0.3 is 9.69 Å². The molecule has 21 heavy (non-hydrogen) atoms. The number of allylic oxidation sites excluding steroid dienone is 3. The fourth-order valence-corrected chi connectivity index (χ4v) is 2.58. The Labute approximate surface area is 122 Å². The van der Waals surface area contributed by atoms with Crippen LogP contribution in [0.2, 0.25) is 0 Å². The van der Waals surface area contributed by atoms with Gasteiger partial charge >= 0.3 is 0 Å². The summed E-state index contributed by atoms with van der Waals surface area (Å²) in [4.78, 5) is 33.3. The first-order chi connectivity index (χ1) is 10.3. The van der Waals surface area contributed by atoms with Crippen LogP contribution < -0.4 is 0 Å². The van der Waals surface area contributed by atoms with Crippen molar-refractivity contribution in [1.82, 2.24) is 9.88 Å². The minimum atomic E-state index is -0.160. The zero-order valence-corrected chi connectivity index (χ0v) is 11.5. The van der Waals surface area contributed by atoms with Gasteiger partial charge in [-0.25, -0.2) is 0 Å². The number of aliphatic imine (C=N–C) groups is 1. The molecule has 0 saturated carbocycles. The third kappa shape index (κ3) is 2.54. The van der Waals surface area contributed by atoms with E-state index in [-0.39, 0.29) is 19.0 Å². The first-order valence-electron chi connectivity index (χ1n) is 6.92. The van der Waals surface area contributed by atoms with Crippen LogP contribution in [0.4, 0.5) is 0 Å². The summed E-state index contributed by atoms with van der Waals surface area (Å²) < 4.78 is 0. The molecule has 0 bridgehead atoms. The SMILES string of the molecule is O=CCN1C(=O)CN=C(c2ccccn2)C2=CCCC=C21. The number of aldehydes is 1. The predicted molar refractivity (Wildman–Crippen MR) is 78.8 cm³/mol. The zero-order chi connectivity index (χ0) is 14.7. The van der Waals surface area contributed by atoms with Gasteiger partial charge in [-0.3, -0.25) is 14.8 Å². The van der Waals surface area contributed by atoms with E-state index in [0.29, 0.717) is 0 Å². The Balaban J connectivity index is 2.07. The largest absolute Gasteiger partial charge is 0.303 e. The highest BCUT2D eigenvalue weighted by atomic mass is 16.2. The first-order valence-corrected chi connectivity index (χ1v) is 6.92. The third-order valence-electron chi connectivity index (χ3n) is 3.51. The topological polar surface area (TPSA) is 62.6 Å². The molecule has 1 amide bonds. The fraction of sp³-hybridized carbons (Fsp3) is 0.250. The Morgan fingerprint density at radius 3 is 2.86 bits per heavy atom. The summed E-state index contributed by atoms with van der Waals surface area (Å²) in [5.74, 6) is -0.160. The maximum absolute atomic E-state index is 12.2. The lowest BCUT2D eigenvalue weighted by Crippen LogP contribution is -2.34. The Morgan fingerprint density at radius 2 is 2.10 bits per heavy atom. The van der Waals surface area contributed by atoms with Crippen LogP contribution >= 0.6 is 0 Å². The number of aromatic nitrogens is 1. The molecule has 0 N–H and O–H groups in total. The quantitative estimate of drug-likeness (QED) is 0.789. The maximum atomic E-state index is 12.2. The number of nitrogens with zero attached hydrogens (tertiary/aromatic N) is 3. The number of rotatable bonds is 3. The molecule has 3 rings (SSSR count). The fourth-order valence-electron chi connectivity index (χ4n) is 2.58. The van der Waals surface area contributed by atoms with Gasteiger partial charge in [0.05, 0.1) is 18.0 Å². The van der Waals surface area contributed by atoms with Crippen molar-refractivity contribution in [3.63, 3.8) is 0 Å².